The van der Waals surface area contributed by atoms with Crippen LogP contribution < -0.4 is 11.1 Å². The minimum atomic E-state index is -0.712. The Morgan fingerprint density at radius 2 is 1.88 bits per heavy atom. The summed E-state index contributed by atoms with van der Waals surface area (Å²) in [5, 5.41) is 3.00. The molecule has 1 aliphatic carbocycles. The van der Waals surface area contributed by atoms with Crippen molar-refractivity contribution < 1.29 is 9.00 Å². The number of hydrogen-bond acceptors (Lipinski definition) is 3. The van der Waals surface area contributed by atoms with Crippen molar-refractivity contribution in [2.75, 3.05) is 11.5 Å². The Morgan fingerprint density at radius 1 is 1.31 bits per heavy atom. The summed E-state index contributed by atoms with van der Waals surface area (Å²) in [4.78, 5) is 12.0. The van der Waals surface area contributed by atoms with Crippen molar-refractivity contribution in [3.05, 3.63) is 0 Å². The molecule has 0 bridgehead atoms. The first-order valence-electron chi connectivity index (χ1n) is 5.95. The molecule has 1 unspecified atom stereocenters. The highest BCUT2D eigenvalue weighted by Gasteiger charge is 2.44. The molecule has 1 saturated carbocycles. The maximum Gasteiger partial charge on any atom is 0.240 e. The summed E-state index contributed by atoms with van der Waals surface area (Å²) in [5.74, 6) is 1.73. The molecule has 3 N–H and O–H groups in total. The quantitative estimate of drug-likeness (QED) is 0.742. The number of carbonyl (C=O) groups excluding carboxylic acids is 1. The highest BCUT2D eigenvalue weighted by molar-refractivity contribution is 7.85. The van der Waals surface area contributed by atoms with E-state index < -0.39 is 16.3 Å². The van der Waals surface area contributed by atoms with Crippen molar-refractivity contribution in [3.8, 4) is 0 Å². The van der Waals surface area contributed by atoms with Gasteiger partial charge in [0.05, 0.1) is 5.54 Å². The monoisotopic (exact) mass is 244 g/mol. The van der Waals surface area contributed by atoms with Crippen molar-refractivity contribution in [1.82, 2.24) is 5.32 Å². The van der Waals surface area contributed by atoms with E-state index in [2.05, 4.69) is 5.32 Å². The number of nitrogens with one attached hydrogen (secondary N) is 1. The highest BCUT2D eigenvalue weighted by atomic mass is 32.2. The molecule has 4 nitrogen and oxygen atoms in total. The Kier molecular flexibility index (Phi) is 3.35. The molecule has 1 atom stereocenters. The van der Waals surface area contributed by atoms with Gasteiger partial charge >= 0.3 is 0 Å². The van der Waals surface area contributed by atoms with Gasteiger partial charge < -0.3 is 11.1 Å². The lowest BCUT2D eigenvalue weighted by Crippen LogP contribution is -2.56. The van der Waals surface area contributed by atoms with Gasteiger partial charge in [-0.05, 0) is 38.5 Å². The molecule has 0 aromatic rings. The lowest BCUT2D eigenvalue weighted by molar-refractivity contribution is -0.127. The molecule has 0 aromatic heterocycles. The lowest BCUT2D eigenvalue weighted by Gasteiger charge is -2.29. The van der Waals surface area contributed by atoms with E-state index >= 15 is 0 Å². The van der Waals surface area contributed by atoms with E-state index in [1.807, 2.05) is 6.92 Å². The van der Waals surface area contributed by atoms with Gasteiger partial charge in [-0.25, -0.2) is 0 Å². The van der Waals surface area contributed by atoms with Crippen LogP contribution in [0.25, 0.3) is 0 Å². The molecule has 2 aliphatic rings. The van der Waals surface area contributed by atoms with Gasteiger partial charge in [0.2, 0.25) is 5.91 Å². The van der Waals surface area contributed by atoms with Gasteiger partial charge in [0.25, 0.3) is 0 Å². The topological polar surface area (TPSA) is 72.2 Å². The molecule has 1 aliphatic heterocycles. The van der Waals surface area contributed by atoms with Crippen molar-refractivity contribution >= 4 is 16.7 Å². The normalized spacial score (nSPS) is 34.1. The molecule has 1 heterocycles. The molecule has 5 heteroatoms. The maximum absolute atomic E-state index is 12.0. The summed E-state index contributed by atoms with van der Waals surface area (Å²) < 4.78 is 11.2. The third-order valence-corrected chi connectivity index (χ3v) is 5.02. The van der Waals surface area contributed by atoms with E-state index in [0.717, 1.165) is 25.7 Å². The lowest BCUT2D eigenvalue weighted by atomic mass is 9.95. The molecule has 2 rings (SSSR count). The van der Waals surface area contributed by atoms with Crippen LogP contribution in [0.4, 0.5) is 0 Å². The summed E-state index contributed by atoms with van der Waals surface area (Å²) in [6.07, 6.45) is 3.77. The molecule has 0 aromatic carbocycles. The van der Waals surface area contributed by atoms with E-state index in [4.69, 9.17) is 5.73 Å². The van der Waals surface area contributed by atoms with Crippen LogP contribution >= 0.6 is 0 Å². The smallest absolute Gasteiger partial charge is 0.240 e. The SMILES string of the molecule is CC(N)(C(=O)NC1CCS(=O)CC1)C1CC1. The third kappa shape index (κ3) is 2.63. The number of carbonyl (C=O) groups is 1. The molecule has 0 spiro atoms. The second kappa shape index (κ2) is 4.45. The van der Waals surface area contributed by atoms with Crippen LogP contribution in [0.3, 0.4) is 0 Å². The van der Waals surface area contributed by atoms with E-state index in [0.29, 0.717) is 17.4 Å². The van der Waals surface area contributed by atoms with Gasteiger partial charge in [-0.15, -0.1) is 0 Å². The van der Waals surface area contributed by atoms with E-state index in [1.54, 1.807) is 0 Å². The maximum atomic E-state index is 12.0. The zero-order valence-corrected chi connectivity index (χ0v) is 10.5. The van der Waals surface area contributed by atoms with Crippen molar-refractivity contribution in [2.24, 2.45) is 11.7 Å². The molecular formula is C11H20N2O2S. The molecule has 0 radical (unpaired) electrons. The van der Waals surface area contributed by atoms with E-state index in [-0.39, 0.29) is 11.9 Å². The van der Waals surface area contributed by atoms with Crippen LogP contribution in [0.1, 0.15) is 32.6 Å². The fourth-order valence-corrected chi connectivity index (χ4v) is 3.45. The Hall–Kier alpha value is -0.420. The van der Waals surface area contributed by atoms with Crippen molar-refractivity contribution in [2.45, 2.75) is 44.2 Å². The van der Waals surface area contributed by atoms with Gasteiger partial charge in [0, 0.05) is 28.3 Å². The Balaban J connectivity index is 1.84. The Morgan fingerprint density at radius 3 is 2.38 bits per heavy atom. The zero-order chi connectivity index (χ0) is 11.8. The van der Waals surface area contributed by atoms with Crippen LogP contribution in [0.2, 0.25) is 0 Å². The second-order valence-electron chi connectivity index (χ2n) is 5.15. The van der Waals surface area contributed by atoms with Gasteiger partial charge in [0.15, 0.2) is 0 Å². The summed E-state index contributed by atoms with van der Waals surface area (Å²) in [7, 11) is -0.676. The van der Waals surface area contributed by atoms with Crippen LogP contribution in [0, 0.1) is 5.92 Å². The van der Waals surface area contributed by atoms with Crippen LogP contribution in [0.15, 0.2) is 0 Å². The summed E-state index contributed by atoms with van der Waals surface area (Å²) in [5.41, 5.74) is 5.33. The minimum Gasteiger partial charge on any atom is -0.352 e. The fraction of sp³-hybridized carbons (Fsp3) is 0.909. The molecule has 16 heavy (non-hydrogen) atoms. The van der Waals surface area contributed by atoms with Crippen LogP contribution in [-0.2, 0) is 15.6 Å². The zero-order valence-electron chi connectivity index (χ0n) is 9.70. The number of rotatable bonds is 3. The number of nitrogens with two attached hydrogens (primary N) is 1. The molecule has 92 valence electrons. The molecule has 2 fully saturated rings. The van der Waals surface area contributed by atoms with Crippen molar-refractivity contribution in [1.29, 1.82) is 0 Å². The van der Waals surface area contributed by atoms with Crippen LogP contribution in [-0.4, -0.2) is 33.2 Å². The first-order chi connectivity index (χ1) is 7.50. The number of hydrogen-bond donors (Lipinski definition) is 2. The average molecular weight is 244 g/mol. The summed E-state index contributed by atoms with van der Waals surface area (Å²) in [6.45, 7) is 1.82. The van der Waals surface area contributed by atoms with Crippen LogP contribution in [0.5, 0.6) is 0 Å². The number of amides is 1. The molecule has 1 amide bonds. The summed E-state index contributed by atoms with van der Waals surface area (Å²) >= 11 is 0. The first kappa shape index (κ1) is 12.0. The molecular weight excluding hydrogens is 224 g/mol. The van der Waals surface area contributed by atoms with E-state index in [9.17, 15) is 9.00 Å². The predicted octanol–water partition coefficient (Wildman–Crippen LogP) is 0.141. The Bertz CT molecular complexity index is 303. The van der Waals surface area contributed by atoms with E-state index in [1.165, 1.54) is 0 Å². The predicted molar refractivity (Wildman–Crippen MR) is 64.4 cm³/mol. The average Bonchev–Trinajstić information content (AvgIpc) is 3.05. The summed E-state index contributed by atoms with van der Waals surface area (Å²) in [6, 6.07) is 0.173. The van der Waals surface area contributed by atoms with Gasteiger partial charge in [0.1, 0.15) is 0 Å². The minimum absolute atomic E-state index is 0.0346. The molecule has 1 saturated heterocycles. The first-order valence-corrected chi connectivity index (χ1v) is 7.44. The third-order valence-electron chi connectivity index (χ3n) is 3.64. The highest BCUT2D eigenvalue weighted by Crippen LogP contribution is 2.38. The standard InChI is InChI=1S/C11H20N2O2S/c1-11(12,8-2-3-8)10(14)13-9-4-6-16(15)7-5-9/h8-9H,2-7,12H2,1H3,(H,13,14). The van der Waals surface area contributed by atoms with Crippen molar-refractivity contribution in [3.63, 3.8) is 0 Å². The Labute approximate surface area is 98.8 Å². The fourth-order valence-electron chi connectivity index (χ4n) is 2.15. The van der Waals surface area contributed by atoms with Gasteiger partial charge in [-0.2, -0.15) is 0 Å². The second-order valence-corrected chi connectivity index (χ2v) is 6.85. The largest absolute Gasteiger partial charge is 0.352 e. The van der Waals surface area contributed by atoms with Gasteiger partial charge in [-0.3, -0.25) is 9.00 Å². The van der Waals surface area contributed by atoms with Gasteiger partial charge in [-0.1, -0.05) is 0 Å².